The summed E-state index contributed by atoms with van der Waals surface area (Å²) < 4.78 is 1.01. The first-order valence-corrected chi connectivity index (χ1v) is 5.39. The number of H-pyrrole nitrogens is 1. The first kappa shape index (κ1) is 10.4. The van der Waals surface area contributed by atoms with Gasteiger partial charge in [-0.2, -0.15) is 0 Å². The van der Waals surface area contributed by atoms with Crippen LogP contribution in [0.3, 0.4) is 0 Å². The fourth-order valence-corrected chi connectivity index (χ4v) is 2.10. The van der Waals surface area contributed by atoms with E-state index >= 15 is 0 Å². The lowest BCUT2D eigenvalue weighted by Crippen LogP contribution is -2.23. The van der Waals surface area contributed by atoms with Crippen LogP contribution < -0.4 is 5.73 Å². The fourth-order valence-electron chi connectivity index (χ4n) is 1.62. The Hall–Kier alpha value is -1.13. The van der Waals surface area contributed by atoms with Crippen molar-refractivity contribution < 1.29 is 4.79 Å². The van der Waals surface area contributed by atoms with E-state index in [1.807, 2.05) is 24.4 Å². The van der Waals surface area contributed by atoms with E-state index in [1.54, 1.807) is 6.29 Å². The molecule has 1 heterocycles. The average molecular weight is 266 g/mol. The Labute approximate surface area is 95.8 Å². The summed E-state index contributed by atoms with van der Waals surface area (Å²) >= 11 is 3.45. The van der Waals surface area contributed by atoms with Crippen LogP contribution in [0.2, 0.25) is 0 Å². The highest BCUT2D eigenvalue weighted by Gasteiger charge is 2.09. The summed E-state index contributed by atoms with van der Waals surface area (Å²) in [6, 6.07) is 5.38. The minimum Gasteiger partial charge on any atom is -0.360 e. The maximum Gasteiger partial charge on any atom is 0.217 e. The fraction of sp³-hybridized carbons (Fsp3) is 0.182. The summed E-state index contributed by atoms with van der Waals surface area (Å²) in [7, 11) is 0. The zero-order valence-electron chi connectivity index (χ0n) is 7.96. The molecule has 3 nitrogen and oxygen atoms in total. The van der Waals surface area contributed by atoms with Gasteiger partial charge in [0.2, 0.25) is 6.29 Å². The van der Waals surface area contributed by atoms with E-state index in [-0.39, 0.29) is 0 Å². The third-order valence-electron chi connectivity index (χ3n) is 2.34. The van der Waals surface area contributed by atoms with Gasteiger partial charge in [-0.1, -0.05) is 12.1 Å². The number of fused-ring (bicyclic) bond motifs is 1. The maximum absolute atomic E-state index is 10.4. The van der Waals surface area contributed by atoms with Gasteiger partial charge in [0.05, 0.1) is 11.6 Å². The summed E-state index contributed by atoms with van der Waals surface area (Å²) in [5, 5.41) is 1.09. The van der Waals surface area contributed by atoms with Crippen molar-refractivity contribution in [1.82, 2.24) is 4.98 Å². The van der Waals surface area contributed by atoms with Crippen molar-refractivity contribution in [2.45, 2.75) is 12.5 Å². The molecule has 0 saturated heterocycles. The second-order valence-corrected chi connectivity index (χ2v) is 4.26. The number of para-hydroxylation sites is 1. The lowest BCUT2D eigenvalue weighted by Gasteiger charge is -2.01. The largest absolute Gasteiger partial charge is 0.360 e. The Balaban J connectivity index is 2.45. The van der Waals surface area contributed by atoms with Crippen LogP contribution in [0.4, 0.5) is 0 Å². The van der Waals surface area contributed by atoms with Gasteiger partial charge >= 0.3 is 0 Å². The van der Waals surface area contributed by atoms with Crippen LogP contribution in [0.25, 0.3) is 10.9 Å². The molecular weight excluding hydrogens is 256 g/mol. The van der Waals surface area contributed by atoms with Crippen LogP contribution in [0.15, 0.2) is 28.9 Å². The Morgan fingerprint density at radius 2 is 2.33 bits per heavy atom. The minimum atomic E-state index is -0.553. The van der Waals surface area contributed by atoms with Crippen molar-refractivity contribution in [2.24, 2.45) is 5.73 Å². The molecule has 1 aromatic heterocycles. The van der Waals surface area contributed by atoms with Crippen molar-refractivity contribution in [1.29, 1.82) is 0 Å². The Morgan fingerprint density at radius 1 is 1.53 bits per heavy atom. The van der Waals surface area contributed by atoms with Gasteiger partial charge in [-0.05, 0) is 34.0 Å². The lowest BCUT2D eigenvalue weighted by molar-refractivity contribution is 0.541. The molecule has 0 bridgehead atoms. The molecule has 0 saturated carbocycles. The molecule has 0 fully saturated rings. The number of aromatic amines is 1. The highest BCUT2D eigenvalue weighted by molar-refractivity contribution is 9.10. The second-order valence-electron chi connectivity index (χ2n) is 3.40. The van der Waals surface area contributed by atoms with Crippen LogP contribution in [0.5, 0.6) is 0 Å². The van der Waals surface area contributed by atoms with Gasteiger partial charge in [-0.15, -0.1) is 0 Å². The molecule has 1 aromatic carbocycles. The number of rotatable bonds is 3. The number of halogens is 1. The number of nitrogens with one attached hydrogen (secondary N) is 1. The quantitative estimate of drug-likeness (QED) is 0.891. The standard InChI is InChI=1S/C11H10BrN2O/c12-10-3-1-2-9-7(4-8(13)6-15)5-14-11(9)10/h1-3,5,8,14H,4,13H2/t8-/m0/s1. The summed E-state index contributed by atoms with van der Waals surface area (Å²) in [5.74, 6) is 0. The number of hydrogen-bond donors (Lipinski definition) is 2. The van der Waals surface area contributed by atoms with Crippen molar-refractivity contribution in [2.75, 3.05) is 0 Å². The smallest absolute Gasteiger partial charge is 0.217 e. The van der Waals surface area contributed by atoms with E-state index in [2.05, 4.69) is 20.9 Å². The van der Waals surface area contributed by atoms with Crippen LogP contribution in [0.1, 0.15) is 5.56 Å². The average Bonchev–Trinajstić information content (AvgIpc) is 2.63. The molecule has 2 rings (SSSR count). The SMILES string of the molecule is N[C@H]([C]=O)Cc1c[nH]c2c(Br)cccc12. The van der Waals surface area contributed by atoms with Gasteiger partial charge in [-0.25, -0.2) is 0 Å². The van der Waals surface area contributed by atoms with Crippen LogP contribution >= 0.6 is 15.9 Å². The van der Waals surface area contributed by atoms with Gasteiger partial charge in [-0.3, -0.25) is 4.79 Å². The summed E-state index contributed by atoms with van der Waals surface area (Å²) in [5.41, 5.74) is 7.62. The van der Waals surface area contributed by atoms with Crippen molar-refractivity contribution >= 4 is 33.1 Å². The Morgan fingerprint density at radius 3 is 3.07 bits per heavy atom. The van der Waals surface area contributed by atoms with E-state index < -0.39 is 6.04 Å². The molecule has 2 aromatic rings. The Kier molecular flexibility index (Phi) is 2.88. The van der Waals surface area contributed by atoms with Crippen LogP contribution in [0, 0.1) is 0 Å². The predicted molar refractivity (Wildman–Crippen MR) is 63.4 cm³/mol. The van der Waals surface area contributed by atoms with E-state index in [0.717, 1.165) is 20.9 Å². The topological polar surface area (TPSA) is 58.9 Å². The number of aromatic nitrogens is 1. The van der Waals surface area contributed by atoms with Crippen LogP contribution in [-0.2, 0) is 11.2 Å². The molecule has 77 valence electrons. The summed E-state index contributed by atoms with van der Waals surface area (Å²) in [6.45, 7) is 0. The molecule has 0 amide bonds. The molecule has 0 aliphatic heterocycles. The molecule has 0 unspecified atom stereocenters. The third-order valence-corrected chi connectivity index (χ3v) is 3.00. The lowest BCUT2D eigenvalue weighted by atomic mass is 10.1. The highest BCUT2D eigenvalue weighted by Crippen LogP contribution is 2.25. The normalized spacial score (nSPS) is 12.9. The number of benzene rings is 1. The molecular formula is C11H10BrN2O. The molecule has 1 atom stereocenters. The molecule has 4 heteroatoms. The Bertz CT molecular complexity index is 492. The monoisotopic (exact) mass is 265 g/mol. The number of carbonyl (C=O) groups excluding carboxylic acids is 1. The first-order chi connectivity index (χ1) is 7.22. The predicted octanol–water partition coefficient (Wildman–Crippen LogP) is 1.91. The highest BCUT2D eigenvalue weighted by atomic mass is 79.9. The molecule has 15 heavy (non-hydrogen) atoms. The van der Waals surface area contributed by atoms with Gasteiger partial charge in [0, 0.05) is 16.1 Å². The molecule has 0 spiro atoms. The number of nitrogens with two attached hydrogens (primary N) is 1. The van der Waals surface area contributed by atoms with Gasteiger partial charge in [0.25, 0.3) is 0 Å². The van der Waals surface area contributed by atoms with E-state index in [4.69, 9.17) is 5.73 Å². The van der Waals surface area contributed by atoms with E-state index in [9.17, 15) is 4.79 Å². The third kappa shape index (κ3) is 1.96. The molecule has 1 radical (unpaired) electrons. The number of hydrogen-bond acceptors (Lipinski definition) is 2. The zero-order chi connectivity index (χ0) is 10.8. The molecule has 0 aliphatic rings. The summed E-state index contributed by atoms with van der Waals surface area (Å²) in [4.78, 5) is 13.5. The second kappa shape index (κ2) is 4.16. The van der Waals surface area contributed by atoms with E-state index in [1.165, 1.54) is 0 Å². The van der Waals surface area contributed by atoms with Crippen LogP contribution in [-0.4, -0.2) is 17.3 Å². The van der Waals surface area contributed by atoms with E-state index in [0.29, 0.717) is 6.42 Å². The molecule has 0 aliphatic carbocycles. The van der Waals surface area contributed by atoms with Crippen molar-refractivity contribution in [3.05, 3.63) is 34.4 Å². The maximum atomic E-state index is 10.4. The van der Waals surface area contributed by atoms with Crippen molar-refractivity contribution in [3.63, 3.8) is 0 Å². The summed E-state index contributed by atoms with van der Waals surface area (Å²) in [6.07, 6.45) is 4.18. The zero-order valence-corrected chi connectivity index (χ0v) is 9.54. The molecule has 3 N–H and O–H groups in total. The first-order valence-electron chi connectivity index (χ1n) is 4.60. The minimum absolute atomic E-state index is 0.514. The van der Waals surface area contributed by atoms with Crippen molar-refractivity contribution in [3.8, 4) is 0 Å². The van der Waals surface area contributed by atoms with Gasteiger partial charge < -0.3 is 10.7 Å². The van der Waals surface area contributed by atoms with Gasteiger partial charge in [0.1, 0.15) is 0 Å². The van der Waals surface area contributed by atoms with Gasteiger partial charge in [0.15, 0.2) is 0 Å².